The number of benzene rings is 1. The van der Waals surface area contributed by atoms with Crippen molar-refractivity contribution in [2.45, 2.75) is 24.7 Å². The van der Waals surface area contributed by atoms with Crippen LogP contribution < -0.4 is 0 Å². The number of guanidine groups is 1. The van der Waals surface area contributed by atoms with E-state index >= 15 is 0 Å². The lowest BCUT2D eigenvalue weighted by molar-refractivity contribution is -0.124. The number of carbonyl (C=O) groups is 1. The summed E-state index contributed by atoms with van der Waals surface area (Å²) in [5.41, 5.74) is 0. The summed E-state index contributed by atoms with van der Waals surface area (Å²) in [5.74, 6) is -0.658. The zero-order valence-corrected chi connectivity index (χ0v) is 13.1. The highest BCUT2D eigenvalue weighted by Crippen LogP contribution is 2.22. The Hall–Kier alpha value is -1.60. The van der Waals surface area contributed by atoms with Crippen LogP contribution >= 0.6 is 11.6 Å². The van der Waals surface area contributed by atoms with Gasteiger partial charge in [0.15, 0.2) is 0 Å². The third-order valence-electron chi connectivity index (χ3n) is 3.21. The van der Waals surface area contributed by atoms with Gasteiger partial charge in [-0.2, -0.15) is 0 Å². The number of hydrogen-bond acceptors (Lipinski definition) is 4. The van der Waals surface area contributed by atoms with Gasteiger partial charge in [-0.3, -0.25) is 15.1 Å². The van der Waals surface area contributed by atoms with Crippen molar-refractivity contribution in [3.8, 4) is 0 Å². The minimum Gasteiger partial charge on any atom is -0.280 e. The van der Waals surface area contributed by atoms with Crippen LogP contribution in [0.2, 0.25) is 5.02 Å². The van der Waals surface area contributed by atoms with Gasteiger partial charge in [-0.25, -0.2) is 12.7 Å². The minimum absolute atomic E-state index is 0.0155. The molecule has 1 aliphatic rings. The van der Waals surface area contributed by atoms with Gasteiger partial charge in [0.1, 0.15) is 6.54 Å². The van der Waals surface area contributed by atoms with Crippen LogP contribution in [0.4, 0.5) is 0 Å². The molecule has 0 aliphatic carbocycles. The third kappa shape index (κ3) is 3.03. The Kier molecular flexibility index (Phi) is 4.53. The van der Waals surface area contributed by atoms with E-state index in [1.165, 1.54) is 29.2 Å². The molecule has 0 aromatic heterocycles. The van der Waals surface area contributed by atoms with Gasteiger partial charge >= 0.3 is 0 Å². The summed E-state index contributed by atoms with van der Waals surface area (Å²) in [7, 11) is -3.91. The maximum absolute atomic E-state index is 12.5. The maximum Gasteiger partial charge on any atom is 0.267 e. The Morgan fingerprint density at radius 1 is 1.29 bits per heavy atom. The zero-order chi connectivity index (χ0) is 15.6. The van der Waals surface area contributed by atoms with Gasteiger partial charge in [-0.15, -0.1) is 0 Å². The molecule has 1 N–H and O–H groups in total. The van der Waals surface area contributed by atoms with Crippen LogP contribution in [-0.2, 0) is 14.8 Å². The molecule has 21 heavy (non-hydrogen) atoms. The van der Waals surface area contributed by atoms with Crippen molar-refractivity contribution in [3.05, 3.63) is 29.3 Å². The van der Waals surface area contributed by atoms with Crippen LogP contribution in [0.5, 0.6) is 0 Å². The van der Waals surface area contributed by atoms with Crippen molar-refractivity contribution in [1.29, 1.82) is 5.41 Å². The normalized spacial score (nSPS) is 15.9. The van der Waals surface area contributed by atoms with Gasteiger partial charge in [0.2, 0.25) is 11.9 Å². The second kappa shape index (κ2) is 6.03. The summed E-state index contributed by atoms with van der Waals surface area (Å²) in [6.07, 6.45) is 1.59. The van der Waals surface area contributed by atoms with Crippen molar-refractivity contribution < 1.29 is 13.2 Å². The Morgan fingerprint density at radius 2 is 1.90 bits per heavy atom. The number of unbranched alkanes of at least 4 members (excludes halogenated alkanes) is 1. The molecular formula is C13H16ClN3O3S. The number of nitrogens with one attached hydrogen (secondary N) is 1. The number of halogens is 1. The maximum atomic E-state index is 12.5. The molecule has 1 fully saturated rings. The molecule has 114 valence electrons. The van der Waals surface area contributed by atoms with Gasteiger partial charge in [-0.05, 0) is 30.7 Å². The van der Waals surface area contributed by atoms with E-state index in [0.29, 0.717) is 11.6 Å². The summed E-state index contributed by atoms with van der Waals surface area (Å²) in [6.45, 7) is 2.00. The van der Waals surface area contributed by atoms with E-state index < -0.39 is 10.0 Å². The lowest BCUT2D eigenvalue weighted by Crippen LogP contribution is -2.37. The molecule has 1 aromatic rings. The fraction of sp³-hybridized carbons (Fsp3) is 0.385. The highest BCUT2D eigenvalue weighted by molar-refractivity contribution is 7.89. The number of sulfonamides is 1. The number of hydrogen-bond donors (Lipinski definition) is 1. The molecular weight excluding hydrogens is 314 g/mol. The summed E-state index contributed by atoms with van der Waals surface area (Å²) in [6, 6.07) is 5.66. The largest absolute Gasteiger partial charge is 0.280 e. The van der Waals surface area contributed by atoms with Gasteiger partial charge in [0.05, 0.1) is 4.90 Å². The van der Waals surface area contributed by atoms with E-state index in [9.17, 15) is 13.2 Å². The fourth-order valence-electron chi connectivity index (χ4n) is 2.02. The zero-order valence-electron chi connectivity index (χ0n) is 11.5. The van der Waals surface area contributed by atoms with Crippen molar-refractivity contribution in [3.63, 3.8) is 0 Å². The van der Waals surface area contributed by atoms with Crippen LogP contribution in [0, 0.1) is 5.41 Å². The average Bonchev–Trinajstić information content (AvgIpc) is 2.73. The first kappa shape index (κ1) is 15.8. The first-order valence-corrected chi connectivity index (χ1v) is 8.37. The van der Waals surface area contributed by atoms with Crippen LogP contribution in [0.15, 0.2) is 29.2 Å². The molecule has 1 aromatic carbocycles. The molecule has 1 saturated heterocycles. The van der Waals surface area contributed by atoms with Gasteiger partial charge in [0, 0.05) is 11.6 Å². The number of rotatable bonds is 5. The van der Waals surface area contributed by atoms with Crippen molar-refractivity contribution in [2.75, 3.05) is 13.1 Å². The molecule has 2 rings (SSSR count). The molecule has 1 aliphatic heterocycles. The SMILES string of the molecule is CCCCN1C(=N)N(S(=O)(=O)c2ccc(Cl)cc2)CC1=O. The van der Waals surface area contributed by atoms with E-state index in [4.69, 9.17) is 17.0 Å². The highest BCUT2D eigenvalue weighted by Gasteiger charge is 2.40. The van der Waals surface area contributed by atoms with Crippen LogP contribution in [0.25, 0.3) is 0 Å². The summed E-state index contributed by atoms with van der Waals surface area (Å²) >= 11 is 5.74. The summed E-state index contributed by atoms with van der Waals surface area (Å²) in [5, 5.41) is 8.37. The summed E-state index contributed by atoms with van der Waals surface area (Å²) in [4.78, 5) is 13.1. The average molecular weight is 330 g/mol. The Labute approximate surface area is 128 Å². The van der Waals surface area contributed by atoms with Crippen LogP contribution in [0.3, 0.4) is 0 Å². The minimum atomic E-state index is -3.91. The molecule has 0 unspecified atom stereocenters. The second-order valence-electron chi connectivity index (χ2n) is 4.69. The topological polar surface area (TPSA) is 81.5 Å². The Morgan fingerprint density at radius 3 is 2.48 bits per heavy atom. The molecule has 0 spiro atoms. The first-order valence-electron chi connectivity index (χ1n) is 6.55. The second-order valence-corrected chi connectivity index (χ2v) is 6.99. The van der Waals surface area contributed by atoms with Gasteiger partial charge in [0.25, 0.3) is 10.0 Å². The van der Waals surface area contributed by atoms with Crippen LogP contribution in [0.1, 0.15) is 19.8 Å². The third-order valence-corrected chi connectivity index (χ3v) is 5.21. The van der Waals surface area contributed by atoms with E-state index in [1.807, 2.05) is 6.92 Å². The lowest BCUT2D eigenvalue weighted by atomic mass is 10.3. The Balaban J connectivity index is 2.27. The molecule has 0 atom stereocenters. The molecule has 0 bridgehead atoms. The molecule has 0 radical (unpaired) electrons. The molecule has 6 nitrogen and oxygen atoms in total. The monoisotopic (exact) mass is 329 g/mol. The smallest absolute Gasteiger partial charge is 0.267 e. The van der Waals surface area contributed by atoms with Crippen molar-refractivity contribution >= 4 is 33.5 Å². The predicted octanol–water partition coefficient (Wildman–Crippen LogP) is 1.91. The Bertz CT molecular complexity index is 658. The van der Waals surface area contributed by atoms with Gasteiger partial charge in [-0.1, -0.05) is 24.9 Å². The quantitative estimate of drug-likeness (QED) is 0.895. The fourth-order valence-corrected chi connectivity index (χ4v) is 3.48. The van der Waals surface area contributed by atoms with Crippen LogP contribution in [-0.4, -0.2) is 42.6 Å². The number of nitrogens with zero attached hydrogens (tertiary/aromatic N) is 2. The van der Waals surface area contributed by atoms with Gasteiger partial charge < -0.3 is 0 Å². The lowest BCUT2D eigenvalue weighted by Gasteiger charge is -2.19. The van der Waals surface area contributed by atoms with Crippen molar-refractivity contribution in [1.82, 2.24) is 9.21 Å². The van der Waals surface area contributed by atoms with E-state index in [2.05, 4.69) is 0 Å². The first-order chi connectivity index (χ1) is 9.87. The van der Waals surface area contributed by atoms with E-state index in [1.54, 1.807) is 0 Å². The van der Waals surface area contributed by atoms with E-state index in [-0.39, 0.29) is 23.3 Å². The molecule has 1 heterocycles. The van der Waals surface area contributed by atoms with E-state index in [0.717, 1.165) is 17.1 Å². The molecule has 1 amide bonds. The number of carbonyl (C=O) groups excluding carboxylic acids is 1. The molecule has 0 saturated carbocycles. The number of amides is 1. The molecule has 8 heteroatoms. The summed E-state index contributed by atoms with van der Waals surface area (Å²) < 4.78 is 25.8. The predicted molar refractivity (Wildman–Crippen MR) is 79.7 cm³/mol. The van der Waals surface area contributed by atoms with Crippen molar-refractivity contribution in [2.24, 2.45) is 0 Å². The standard InChI is InChI=1S/C13H16ClN3O3S/c1-2-3-8-16-12(18)9-17(13(16)15)21(19,20)11-6-4-10(14)5-7-11/h4-7,15H,2-3,8-9H2,1H3. The highest BCUT2D eigenvalue weighted by atomic mass is 35.5.